The number of hydrogen-bond acceptors (Lipinski definition) is 2. The van der Waals surface area contributed by atoms with Crippen LogP contribution in [0.1, 0.15) is 11.3 Å². The van der Waals surface area contributed by atoms with Crippen molar-refractivity contribution in [3.05, 3.63) is 65.6 Å². The van der Waals surface area contributed by atoms with Crippen LogP contribution in [-0.4, -0.2) is 9.97 Å². The monoisotopic (exact) mass is 203 g/mol. The van der Waals surface area contributed by atoms with E-state index in [1.807, 2.05) is 36.8 Å². The fourth-order valence-corrected chi connectivity index (χ4v) is 1.30. The molecule has 2 nitrogen and oxygen atoms in total. The first-order valence-electron chi connectivity index (χ1n) is 4.22. The predicted octanol–water partition coefficient (Wildman–Crippen LogP) is 2.73. The fraction of sp³-hybridized carbons (Fsp3) is 0. The quantitative estimate of drug-likeness (QED) is 0.750. The average Bonchev–Trinajstić information content (AvgIpc) is 2.19. The van der Waals surface area contributed by atoms with Crippen molar-refractivity contribution < 1.29 is 0 Å². The van der Waals surface area contributed by atoms with E-state index in [1.54, 1.807) is 6.20 Å². The summed E-state index contributed by atoms with van der Waals surface area (Å²) in [6.07, 6.45) is 5.13. The molecule has 14 heavy (non-hydrogen) atoms. The van der Waals surface area contributed by atoms with E-state index in [2.05, 4.69) is 9.97 Å². The predicted molar refractivity (Wildman–Crippen MR) is 56.0 cm³/mol. The van der Waals surface area contributed by atoms with Gasteiger partial charge in [-0.1, -0.05) is 41.9 Å². The summed E-state index contributed by atoms with van der Waals surface area (Å²) < 4.78 is 0. The Bertz CT molecular complexity index is 415. The van der Waals surface area contributed by atoms with Gasteiger partial charge >= 0.3 is 0 Å². The summed E-state index contributed by atoms with van der Waals surface area (Å²) >= 11 is 5.72. The van der Waals surface area contributed by atoms with Gasteiger partial charge in [0.25, 0.3) is 0 Å². The Labute approximate surface area is 87.6 Å². The lowest BCUT2D eigenvalue weighted by atomic mass is 10.1. The van der Waals surface area contributed by atoms with Crippen LogP contribution in [0, 0.1) is 6.42 Å². The third-order valence-corrected chi connectivity index (χ3v) is 1.92. The third kappa shape index (κ3) is 2.30. The van der Waals surface area contributed by atoms with E-state index in [0.29, 0.717) is 5.15 Å². The van der Waals surface area contributed by atoms with E-state index in [1.165, 1.54) is 6.20 Å². The number of rotatable bonds is 2. The minimum absolute atomic E-state index is 0.412. The zero-order chi connectivity index (χ0) is 9.80. The lowest BCUT2D eigenvalue weighted by molar-refractivity contribution is 1.13. The van der Waals surface area contributed by atoms with Gasteiger partial charge in [-0.3, -0.25) is 4.98 Å². The van der Waals surface area contributed by atoms with E-state index in [9.17, 15) is 0 Å². The third-order valence-electron chi connectivity index (χ3n) is 1.74. The molecule has 0 unspecified atom stereocenters. The highest BCUT2D eigenvalue weighted by molar-refractivity contribution is 6.29. The van der Waals surface area contributed by atoms with E-state index < -0.39 is 0 Å². The van der Waals surface area contributed by atoms with Crippen LogP contribution in [0.15, 0.2) is 42.7 Å². The van der Waals surface area contributed by atoms with Gasteiger partial charge in [0.05, 0.1) is 11.9 Å². The molecule has 0 N–H and O–H groups in total. The number of benzene rings is 1. The summed E-state index contributed by atoms with van der Waals surface area (Å²) in [4.78, 5) is 8.07. The highest BCUT2D eigenvalue weighted by atomic mass is 35.5. The first kappa shape index (κ1) is 9.16. The molecule has 1 heterocycles. The van der Waals surface area contributed by atoms with E-state index in [-0.39, 0.29) is 0 Å². The van der Waals surface area contributed by atoms with Gasteiger partial charge < -0.3 is 0 Å². The fourth-order valence-electron chi connectivity index (χ4n) is 1.15. The van der Waals surface area contributed by atoms with Crippen molar-refractivity contribution in [1.82, 2.24) is 9.97 Å². The maximum atomic E-state index is 5.72. The zero-order valence-corrected chi connectivity index (χ0v) is 8.15. The van der Waals surface area contributed by atoms with Crippen LogP contribution in [0.25, 0.3) is 0 Å². The molecule has 0 bridgehead atoms. The van der Waals surface area contributed by atoms with Crippen LogP contribution < -0.4 is 0 Å². The van der Waals surface area contributed by atoms with Gasteiger partial charge in [-0.15, -0.1) is 0 Å². The maximum Gasteiger partial charge on any atom is 0.147 e. The van der Waals surface area contributed by atoms with Crippen LogP contribution in [0.4, 0.5) is 0 Å². The Balaban J connectivity index is 2.19. The van der Waals surface area contributed by atoms with Gasteiger partial charge in [0.2, 0.25) is 0 Å². The normalized spacial score (nSPS) is 10.1. The Morgan fingerprint density at radius 2 is 1.86 bits per heavy atom. The standard InChI is InChI=1S/C11H8ClN2/c12-11-8-13-7-10(14-11)6-9-4-2-1-3-5-9/h1-8H. The minimum Gasteiger partial charge on any atom is -0.260 e. The molecule has 1 aromatic carbocycles. The maximum absolute atomic E-state index is 5.72. The van der Waals surface area contributed by atoms with Crippen LogP contribution in [-0.2, 0) is 0 Å². The molecule has 1 aromatic heterocycles. The minimum atomic E-state index is 0.412. The number of aromatic nitrogens is 2. The summed E-state index contributed by atoms with van der Waals surface area (Å²) in [6, 6.07) is 9.93. The Morgan fingerprint density at radius 1 is 1.07 bits per heavy atom. The summed E-state index contributed by atoms with van der Waals surface area (Å²) in [5, 5.41) is 0.412. The first-order valence-corrected chi connectivity index (χ1v) is 4.60. The van der Waals surface area contributed by atoms with Crippen molar-refractivity contribution in [2.75, 3.05) is 0 Å². The molecule has 69 valence electrons. The number of hydrogen-bond donors (Lipinski definition) is 0. The molecule has 0 aliphatic carbocycles. The molecule has 1 radical (unpaired) electrons. The molecule has 2 rings (SSSR count). The van der Waals surface area contributed by atoms with Crippen molar-refractivity contribution in [3.8, 4) is 0 Å². The summed E-state index contributed by atoms with van der Waals surface area (Å²) in [7, 11) is 0. The molecule has 2 aromatic rings. The van der Waals surface area contributed by atoms with E-state index in [4.69, 9.17) is 11.6 Å². The van der Waals surface area contributed by atoms with Gasteiger partial charge in [0, 0.05) is 12.6 Å². The molecule has 0 aliphatic rings. The molecular weight excluding hydrogens is 196 g/mol. The molecule has 0 amide bonds. The van der Waals surface area contributed by atoms with Crippen LogP contribution in [0.5, 0.6) is 0 Å². The van der Waals surface area contributed by atoms with Gasteiger partial charge in [0.1, 0.15) is 5.15 Å². The molecule has 0 saturated heterocycles. The number of nitrogens with zero attached hydrogens (tertiary/aromatic N) is 2. The first-order chi connectivity index (χ1) is 6.84. The molecule has 0 saturated carbocycles. The number of halogens is 1. The van der Waals surface area contributed by atoms with Crippen LogP contribution in [0.3, 0.4) is 0 Å². The SMILES string of the molecule is Clc1cncc([CH]c2ccccc2)n1. The summed E-state index contributed by atoms with van der Waals surface area (Å²) in [5.41, 5.74) is 1.85. The molecular formula is C11H8ClN2. The Kier molecular flexibility index (Phi) is 2.75. The molecule has 0 atom stereocenters. The summed E-state index contributed by atoms with van der Waals surface area (Å²) in [5.74, 6) is 0. The molecule has 0 aliphatic heterocycles. The second-order valence-electron chi connectivity index (χ2n) is 2.82. The summed E-state index contributed by atoms with van der Waals surface area (Å²) in [6.45, 7) is 0. The van der Waals surface area contributed by atoms with E-state index in [0.717, 1.165) is 11.3 Å². The highest BCUT2D eigenvalue weighted by Gasteiger charge is 1.98. The zero-order valence-electron chi connectivity index (χ0n) is 7.39. The van der Waals surface area contributed by atoms with Crippen molar-refractivity contribution in [3.63, 3.8) is 0 Å². The highest BCUT2D eigenvalue weighted by Crippen LogP contribution is 2.10. The van der Waals surface area contributed by atoms with E-state index >= 15 is 0 Å². The smallest absolute Gasteiger partial charge is 0.147 e. The van der Waals surface area contributed by atoms with Gasteiger partial charge in [0.15, 0.2) is 0 Å². The van der Waals surface area contributed by atoms with Crippen molar-refractivity contribution >= 4 is 11.6 Å². The Morgan fingerprint density at radius 3 is 2.57 bits per heavy atom. The Hall–Kier alpha value is -1.41. The molecule has 0 spiro atoms. The average molecular weight is 204 g/mol. The van der Waals surface area contributed by atoms with Crippen molar-refractivity contribution in [2.45, 2.75) is 0 Å². The van der Waals surface area contributed by atoms with Crippen LogP contribution in [0.2, 0.25) is 5.15 Å². The topological polar surface area (TPSA) is 25.8 Å². The van der Waals surface area contributed by atoms with Gasteiger partial charge in [-0.05, 0) is 5.56 Å². The van der Waals surface area contributed by atoms with Gasteiger partial charge in [-0.25, -0.2) is 4.98 Å². The largest absolute Gasteiger partial charge is 0.260 e. The van der Waals surface area contributed by atoms with Crippen molar-refractivity contribution in [1.29, 1.82) is 0 Å². The van der Waals surface area contributed by atoms with Crippen LogP contribution >= 0.6 is 11.6 Å². The second-order valence-corrected chi connectivity index (χ2v) is 3.21. The second kappa shape index (κ2) is 4.20. The lowest BCUT2D eigenvalue weighted by Crippen LogP contribution is -1.90. The molecule has 0 fully saturated rings. The van der Waals surface area contributed by atoms with Gasteiger partial charge in [-0.2, -0.15) is 0 Å². The van der Waals surface area contributed by atoms with Crippen molar-refractivity contribution in [2.24, 2.45) is 0 Å². The molecule has 3 heteroatoms. The lowest BCUT2D eigenvalue weighted by Gasteiger charge is -1.99.